The minimum Gasteiger partial charge on any atom is -0.352 e. The lowest BCUT2D eigenvalue weighted by molar-refractivity contribution is -0.110. The molecule has 2 N–H and O–H groups in total. The first-order chi connectivity index (χ1) is 17.8. The Morgan fingerprint density at radius 3 is 2.51 bits per heavy atom. The van der Waals surface area contributed by atoms with E-state index in [1.165, 1.54) is 0 Å². The van der Waals surface area contributed by atoms with Gasteiger partial charge >= 0.3 is 0 Å². The van der Waals surface area contributed by atoms with E-state index in [2.05, 4.69) is 10.6 Å². The molecule has 0 atom stereocenters. The molecular formula is C30H32N4O3. The molecule has 0 spiro atoms. The molecule has 2 aliphatic heterocycles. The van der Waals surface area contributed by atoms with E-state index in [1.54, 1.807) is 18.2 Å². The topological polar surface area (TPSA) is 83.4 Å². The standard InChI is InChI=1S/C30H32N4O3/c1-19-26(33(3)20(2)27(19)30(37)34-15-7-8-16-34)18-24-23-17-22(11-12-25(23)32-29(24)36)28(35)31-14-13-21-9-5-4-6-10-21/h4-6,9-12,17-18H,7-8,13-16H2,1-3H3,(H,31,35)(H,32,36)/b24-18-. The highest BCUT2D eigenvalue weighted by molar-refractivity contribution is 6.35. The summed E-state index contributed by atoms with van der Waals surface area (Å²) in [5.74, 6) is -0.345. The summed E-state index contributed by atoms with van der Waals surface area (Å²) >= 11 is 0. The van der Waals surface area contributed by atoms with E-state index >= 15 is 0 Å². The van der Waals surface area contributed by atoms with Gasteiger partial charge in [0.25, 0.3) is 17.7 Å². The van der Waals surface area contributed by atoms with Crippen LogP contribution in [0.4, 0.5) is 5.69 Å². The summed E-state index contributed by atoms with van der Waals surface area (Å²) in [6.07, 6.45) is 4.65. The first-order valence-electron chi connectivity index (χ1n) is 12.8. The zero-order valence-electron chi connectivity index (χ0n) is 21.6. The zero-order chi connectivity index (χ0) is 26.1. The van der Waals surface area contributed by atoms with Crippen molar-refractivity contribution in [3.63, 3.8) is 0 Å². The Morgan fingerprint density at radius 2 is 1.78 bits per heavy atom. The number of carbonyl (C=O) groups excluding carboxylic acids is 3. The van der Waals surface area contributed by atoms with Gasteiger partial charge in [0.1, 0.15) is 0 Å². The highest BCUT2D eigenvalue weighted by Gasteiger charge is 2.29. The third kappa shape index (κ3) is 4.69. The number of anilines is 1. The predicted octanol–water partition coefficient (Wildman–Crippen LogP) is 4.34. The molecule has 0 bridgehead atoms. The van der Waals surface area contributed by atoms with Crippen molar-refractivity contribution in [1.82, 2.24) is 14.8 Å². The molecule has 3 aromatic rings. The lowest BCUT2D eigenvalue weighted by atomic mass is 10.0. The average molecular weight is 497 g/mol. The van der Waals surface area contributed by atoms with Gasteiger partial charge in [-0.2, -0.15) is 0 Å². The number of carbonyl (C=O) groups is 3. The third-order valence-corrected chi connectivity index (χ3v) is 7.48. The van der Waals surface area contributed by atoms with Crippen LogP contribution < -0.4 is 10.6 Å². The number of aromatic nitrogens is 1. The fourth-order valence-electron chi connectivity index (χ4n) is 5.27. The van der Waals surface area contributed by atoms with Crippen LogP contribution in [0.1, 0.15) is 61.6 Å². The molecule has 2 aliphatic rings. The minimum atomic E-state index is -0.220. The molecule has 2 aromatic carbocycles. The van der Waals surface area contributed by atoms with Crippen LogP contribution in [0.15, 0.2) is 48.5 Å². The lowest BCUT2D eigenvalue weighted by Crippen LogP contribution is -2.28. The van der Waals surface area contributed by atoms with E-state index in [0.717, 1.165) is 54.9 Å². The Balaban J connectivity index is 1.41. The van der Waals surface area contributed by atoms with Crippen LogP contribution >= 0.6 is 0 Å². The second-order valence-corrected chi connectivity index (χ2v) is 9.79. The normalized spacial score (nSPS) is 15.7. The highest BCUT2D eigenvalue weighted by atomic mass is 16.2. The molecule has 0 radical (unpaired) electrons. The number of hydrogen-bond acceptors (Lipinski definition) is 3. The second kappa shape index (κ2) is 10.1. The van der Waals surface area contributed by atoms with Crippen molar-refractivity contribution in [3.05, 3.63) is 87.7 Å². The summed E-state index contributed by atoms with van der Waals surface area (Å²) in [6, 6.07) is 15.3. The molecule has 0 unspecified atom stereocenters. The minimum absolute atomic E-state index is 0.0542. The molecule has 190 valence electrons. The molecule has 0 aliphatic carbocycles. The van der Waals surface area contributed by atoms with Crippen LogP contribution in [-0.4, -0.2) is 46.8 Å². The van der Waals surface area contributed by atoms with E-state index in [4.69, 9.17) is 0 Å². The zero-order valence-corrected chi connectivity index (χ0v) is 21.6. The summed E-state index contributed by atoms with van der Waals surface area (Å²) < 4.78 is 1.97. The monoisotopic (exact) mass is 496 g/mol. The maximum atomic E-state index is 13.2. The summed E-state index contributed by atoms with van der Waals surface area (Å²) in [5.41, 5.74) is 6.77. The summed E-state index contributed by atoms with van der Waals surface area (Å²) in [5, 5.41) is 5.88. The van der Waals surface area contributed by atoms with Gasteiger partial charge in [0.05, 0.1) is 11.1 Å². The first-order valence-corrected chi connectivity index (χ1v) is 12.8. The number of hydrogen-bond donors (Lipinski definition) is 2. The maximum absolute atomic E-state index is 13.2. The van der Waals surface area contributed by atoms with Crippen LogP contribution in [0.3, 0.4) is 0 Å². The van der Waals surface area contributed by atoms with Gasteiger partial charge in [-0.05, 0) is 68.5 Å². The van der Waals surface area contributed by atoms with E-state index in [9.17, 15) is 14.4 Å². The van der Waals surface area contributed by atoms with Crippen molar-refractivity contribution in [2.24, 2.45) is 7.05 Å². The van der Waals surface area contributed by atoms with Crippen molar-refractivity contribution in [2.45, 2.75) is 33.1 Å². The molecule has 7 heteroatoms. The molecule has 1 saturated heterocycles. The van der Waals surface area contributed by atoms with Gasteiger partial charge in [0.15, 0.2) is 0 Å². The third-order valence-electron chi connectivity index (χ3n) is 7.48. The van der Waals surface area contributed by atoms with Crippen LogP contribution in [0.5, 0.6) is 0 Å². The van der Waals surface area contributed by atoms with Crippen LogP contribution in [-0.2, 0) is 18.3 Å². The van der Waals surface area contributed by atoms with Gasteiger partial charge in [-0.25, -0.2) is 0 Å². The quantitative estimate of drug-likeness (QED) is 0.498. The number of nitrogens with one attached hydrogen (secondary N) is 2. The number of benzene rings is 2. The largest absolute Gasteiger partial charge is 0.352 e. The fraction of sp³-hybridized carbons (Fsp3) is 0.300. The Labute approximate surface area is 217 Å². The smallest absolute Gasteiger partial charge is 0.256 e. The van der Waals surface area contributed by atoms with Crippen LogP contribution in [0.25, 0.3) is 11.6 Å². The molecule has 37 heavy (non-hydrogen) atoms. The molecule has 5 rings (SSSR count). The van der Waals surface area contributed by atoms with Crippen molar-refractivity contribution in [2.75, 3.05) is 25.0 Å². The van der Waals surface area contributed by atoms with Crippen molar-refractivity contribution in [3.8, 4) is 0 Å². The van der Waals surface area contributed by atoms with Crippen molar-refractivity contribution >= 4 is 35.1 Å². The number of fused-ring (bicyclic) bond motifs is 1. The van der Waals surface area contributed by atoms with E-state index < -0.39 is 0 Å². The Hall–Kier alpha value is -4.13. The molecule has 3 amide bonds. The fourth-order valence-corrected chi connectivity index (χ4v) is 5.27. The van der Waals surface area contributed by atoms with Gasteiger partial charge < -0.3 is 20.1 Å². The van der Waals surface area contributed by atoms with Gasteiger partial charge in [-0.3, -0.25) is 14.4 Å². The summed E-state index contributed by atoms with van der Waals surface area (Å²) in [4.78, 5) is 40.9. The van der Waals surface area contributed by atoms with Gasteiger partial charge in [0.2, 0.25) is 0 Å². The molecule has 1 aromatic heterocycles. The van der Waals surface area contributed by atoms with E-state index in [0.29, 0.717) is 34.5 Å². The van der Waals surface area contributed by atoms with Gasteiger partial charge in [0, 0.05) is 54.9 Å². The number of nitrogens with zero attached hydrogens (tertiary/aromatic N) is 2. The molecular weight excluding hydrogens is 464 g/mol. The van der Waals surface area contributed by atoms with Crippen molar-refractivity contribution < 1.29 is 14.4 Å². The summed E-state index contributed by atoms with van der Waals surface area (Å²) in [7, 11) is 1.92. The van der Waals surface area contributed by atoms with Gasteiger partial charge in [-0.15, -0.1) is 0 Å². The molecule has 1 fully saturated rings. The van der Waals surface area contributed by atoms with Crippen LogP contribution in [0.2, 0.25) is 0 Å². The average Bonchev–Trinajstić information content (AvgIpc) is 3.59. The lowest BCUT2D eigenvalue weighted by Gasteiger charge is -2.15. The first kappa shape index (κ1) is 24.6. The number of amides is 3. The summed E-state index contributed by atoms with van der Waals surface area (Å²) in [6.45, 7) is 5.98. The number of rotatable bonds is 6. The molecule has 0 saturated carbocycles. The predicted molar refractivity (Wildman–Crippen MR) is 145 cm³/mol. The van der Waals surface area contributed by atoms with Crippen LogP contribution in [0, 0.1) is 13.8 Å². The Kier molecular flexibility index (Phi) is 6.70. The SMILES string of the molecule is Cc1c(C(=O)N2CCCC2)c(C)n(C)c1/C=C1\C(=O)Nc2ccc(C(=O)NCCc3ccccc3)cc21. The second-order valence-electron chi connectivity index (χ2n) is 9.79. The Bertz CT molecular complexity index is 1410. The number of likely N-dealkylation sites (tertiary alicyclic amines) is 1. The molecule has 3 heterocycles. The highest BCUT2D eigenvalue weighted by Crippen LogP contribution is 2.35. The molecule has 7 nitrogen and oxygen atoms in total. The van der Waals surface area contributed by atoms with E-state index in [1.807, 2.05) is 66.8 Å². The Morgan fingerprint density at radius 1 is 1.05 bits per heavy atom. The van der Waals surface area contributed by atoms with Gasteiger partial charge in [-0.1, -0.05) is 30.3 Å². The van der Waals surface area contributed by atoms with E-state index in [-0.39, 0.29) is 17.7 Å². The van der Waals surface area contributed by atoms with Crippen molar-refractivity contribution in [1.29, 1.82) is 0 Å². The maximum Gasteiger partial charge on any atom is 0.256 e.